The Bertz CT molecular complexity index is 636. The van der Waals surface area contributed by atoms with Gasteiger partial charge in [-0.2, -0.15) is 0 Å². The highest BCUT2D eigenvalue weighted by Gasteiger charge is 2.22. The first-order valence-electron chi connectivity index (χ1n) is 7.82. The zero-order valence-corrected chi connectivity index (χ0v) is 15.3. The van der Waals surface area contributed by atoms with Crippen molar-refractivity contribution in [3.05, 3.63) is 60.2 Å². The molecule has 3 rings (SSSR count). The molecule has 1 fully saturated rings. The standard InChI is InChI=1S/C19H24N2.2ClH/c1-15(2)13-19(21-11-9-20-10-12-21)18-8-7-16-5-3-4-6-17(16)14-18;;/h3-8,14,19-20H,1,9-13H2,2H3;2*1H/t19-;;/m1../s1. The molecule has 0 aromatic heterocycles. The molecule has 0 unspecified atom stereocenters. The number of piperazine rings is 1. The maximum absolute atomic E-state index is 4.14. The Balaban J connectivity index is 0.00000132. The third-order valence-corrected chi connectivity index (χ3v) is 4.29. The van der Waals surface area contributed by atoms with Crippen molar-refractivity contribution in [2.75, 3.05) is 26.2 Å². The van der Waals surface area contributed by atoms with E-state index in [1.165, 1.54) is 21.9 Å². The van der Waals surface area contributed by atoms with Crippen molar-refractivity contribution in [2.45, 2.75) is 19.4 Å². The van der Waals surface area contributed by atoms with Crippen LogP contribution >= 0.6 is 24.8 Å². The van der Waals surface area contributed by atoms with Gasteiger partial charge in [0.25, 0.3) is 0 Å². The molecular formula is C19H26Cl2N2. The summed E-state index contributed by atoms with van der Waals surface area (Å²) in [6.45, 7) is 10.7. The predicted molar refractivity (Wildman–Crippen MR) is 105 cm³/mol. The van der Waals surface area contributed by atoms with Crippen LogP contribution in [0.1, 0.15) is 24.9 Å². The molecule has 1 aliphatic heterocycles. The number of rotatable bonds is 4. The smallest absolute Gasteiger partial charge is 0.0386 e. The van der Waals surface area contributed by atoms with Gasteiger partial charge in [0, 0.05) is 32.2 Å². The summed E-state index contributed by atoms with van der Waals surface area (Å²) in [6.07, 6.45) is 1.04. The fourth-order valence-electron chi connectivity index (χ4n) is 3.20. The summed E-state index contributed by atoms with van der Waals surface area (Å²) >= 11 is 0. The Kier molecular flexibility index (Phi) is 8.07. The van der Waals surface area contributed by atoms with Crippen molar-refractivity contribution < 1.29 is 0 Å². The third-order valence-electron chi connectivity index (χ3n) is 4.29. The molecule has 2 aromatic rings. The largest absolute Gasteiger partial charge is 0.314 e. The molecule has 1 saturated heterocycles. The molecule has 2 nitrogen and oxygen atoms in total. The van der Waals surface area contributed by atoms with Crippen LogP contribution in [0.5, 0.6) is 0 Å². The fraction of sp³-hybridized carbons (Fsp3) is 0.368. The van der Waals surface area contributed by atoms with E-state index in [4.69, 9.17) is 0 Å². The molecule has 1 atom stereocenters. The molecule has 0 aliphatic carbocycles. The van der Waals surface area contributed by atoms with E-state index >= 15 is 0 Å². The Morgan fingerprint density at radius 2 is 1.74 bits per heavy atom. The zero-order chi connectivity index (χ0) is 14.7. The number of halogens is 2. The van der Waals surface area contributed by atoms with E-state index in [2.05, 4.69) is 66.2 Å². The quantitative estimate of drug-likeness (QED) is 0.809. The normalized spacial score (nSPS) is 16.2. The van der Waals surface area contributed by atoms with Crippen LogP contribution in [0.25, 0.3) is 10.8 Å². The molecule has 0 bridgehead atoms. The van der Waals surface area contributed by atoms with E-state index in [9.17, 15) is 0 Å². The highest BCUT2D eigenvalue weighted by Crippen LogP contribution is 2.29. The topological polar surface area (TPSA) is 15.3 Å². The van der Waals surface area contributed by atoms with E-state index in [-0.39, 0.29) is 24.8 Å². The second kappa shape index (κ2) is 9.29. The molecule has 4 heteroatoms. The summed E-state index contributed by atoms with van der Waals surface area (Å²) in [6, 6.07) is 15.9. The van der Waals surface area contributed by atoms with Crippen molar-refractivity contribution in [3.63, 3.8) is 0 Å². The fourth-order valence-corrected chi connectivity index (χ4v) is 3.20. The van der Waals surface area contributed by atoms with Crippen LogP contribution in [0.3, 0.4) is 0 Å². The van der Waals surface area contributed by atoms with Crippen LogP contribution in [0.15, 0.2) is 54.6 Å². The first-order chi connectivity index (χ1) is 10.2. The van der Waals surface area contributed by atoms with Crippen molar-refractivity contribution in [1.82, 2.24) is 10.2 Å². The molecule has 23 heavy (non-hydrogen) atoms. The number of benzene rings is 2. The van der Waals surface area contributed by atoms with E-state index in [1.54, 1.807) is 0 Å². The van der Waals surface area contributed by atoms with Gasteiger partial charge in [-0.25, -0.2) is 0 Å². The monoisotopic (exact) mass is 352 g/mol. The molecule has 0 saturated carbocycles. The maximum atomic E-state index is 4.14. The summed E-state index contributed by atoms with van der Waals surface area (Å²) in [4.78, 5) is 2.59. The first-order valence-corrected chi connectivity index (χ1v) is 7.82. The molecular weight excluding hydrogens is 327 g/mol. The van der Waals surface area contributed by atoms with Gasteiger partial charge < -0.3 is 5.32 Å². The Morgan fingerprint density at radius 1 is 1.09 bits per heavy atom. The molecule has 0 radical (unpaired) electrons. The summed E-state index contributed by atoms with van der Waals surface area (Å²) in [5.41, 5.74) is 2.67. The van der Waals surface area contributed by atoms with E-state index in [1.807, 2.05) is 0 Å². The Labute approximate surface area is 151 Å². The van der Waals surface area contributed by atoms with Crippen molar-refractivity contribution >= 4 is 35.6 Å². The average Bonchev–Trinajstić information content (AvgIpc) is 2.53. The minimum absolute atomic E-state index is 0. The molecule has 1 N–H and O–H groups in total. The summed E-state index contributed by atoms with van der Waals surface area (Å²) < 4.78 is 0. The van der Waals surface area contributed by atoms with Crippen LogP contribution in [0.2, 0.25) is 0 Å². The molecule has 1 aliphatic rings. The highest BCUT2D eigenvalue weighted by atomic mass is 35.5. The van der Waals surface area contributed by atoms with E-state index in [0.717, 1.165) is 32.6 Å². The second-order valence-electron chi connectivity index (χ2n) is 6.07. The molecule has 2 aromatic carbocycles. The van der Waals surface area contributed by atoms with Crippen molar-refractivity contribution in [3.8, 4) is 0 Å². The van der Waals surface area contributed by atoms with Crippen LogP contribution in [0, 0.1) is 0 Å². The summed E-state index contributed by atoms with van der Waals surface area (Å²) in [5, 5.41) is 6.09. The Hall–Kier alpha value is -1.06. The lowest BCUT2D eigenvalue weighted by Crippen LogP contribution is -2.45. The molecule has 0 amide bonds. The van der Waals surface area contributed by atoms with E-state index in [0.29, 0.717) is 6.04 Å². The number of nitrogens with zero attached hydrogens (tertiary/aromatic N) is 1. The summed E-state index contributed by atoms with van der Waals surface area (Å²) in [5.74, 6) is 0. The minimum atomic E-state index is 0. The lowest BCUT2D eigenvalue weighted by Gasteiger charge is -2.35. The summed E-state index contributed by atoms with van der Waals surface area (Å²) in [7, 11) is 0. The maximum Gasteiger partial charge on any atom is 0.0386 e. The number of hydrogen-bond donors (Lipinski definition) is 1. The van der Waals surface area contributed by atoms with Gasteiger partial charge in [-0.05, 0) is 35.7 Å². The van der Waals surface area contributed by atoms with Crippen LogP contribution < -0.4 is 5.32 Å². The number of nitrogens with one attached hydrogen (secondary N) is 1. The van der Waals surface area contributed by atoms with Gasteiger partial charge in [0.05, 0.1) is 0 Å². The number of hydrogen-bond acceptors (Lipinski definition) is 2. The van der Waals surface area contributed by atoms with Gasteiger partial charge in [0.2, 0.25) is 0 Å². The van der Waals surface area contributed by atoms with Gasteiger partial charge in [0.1, 0.15) is 0 Å². The van der Waals surface area contributed by atoms with Crippen LogP contribution in [0.4, 0.5) is 0 Å². The molecule has 126 valence electrons. The van der Waals surface area contributed by atoms with Gasteiger partial charge in [-0.15, -0.1) is 31.4 Å². The number of fused-ring (bicyclic) bond motifs is 1. The SMILES string of the molecule is C=C(C)C[C@H](c1ccc2ccccc2c1)N1CCNCC1.Cl.Cl. The van der Waals surface area contributed by atoms with Gasteiger partial charge in [-0.3, -0.25) is 4.90 Å². The van der Waals surface area contributed by atoms with Crippen molar-refractivity contribution in [2.24, 2.45) is 0 Å². The van der Waals surface area contributed by atoms with Gasteiger partial charge in [0.15, 0.2) is 0 Å². The lowest BCUT2D eigenvalue weighted by atomic mass is 9.95. The molecule has 0 spiro atoms. The highest BCUT2D eigenvalue weighted by molar-refractivity contribution is 5.85. The lowest BCUT2D eigenvalue weighted by molar-refractivity contribution is 0.172. The predicted octanol–water partition coefficient (Wildman–Crippen LogP) is 4.60. The van der Waals surface area contributed by atoms with Crippen LogP contribution in [-0.4, -0.2) is 31.1 Å². The Morgan fingerprint density at radius 3 is 2.39 bits per heavy atom. The average molecular weight is 353 g/mol. The molecule has 1 heterocycles. The minimum Gasteiger partial charge on any atom is -0.314 e. The van der Waals surface area contributed by atoms with E-state index < -0.39 is 0 Å². The van der Waals surface area contributed by atoms with Crippen molar-refractivity contribution in [1.29, 1.82) is 0 Å². The first kappa shape index (κ1) is 20.0. The third kappa shape index (κ3) is 4.95. The van der Waals surface area contributed by atoms with Gasteiger partial charge in [-0.1, -0.05) is 42.0 Å². The van der Waals surface area contributed by atoms with Gasteiger partial charge >= 0.3 is 0 Å². The van der Waals surface area contributed by atoms with Crippen LogP contribution in [-0.2, 0) is 0 Å². The second-order valence-corrected chi connectivity index (χ2v) is 6.07. The zero-order valence-electron chi connectivity index (χ0n) is 13.6.